The van der Waals surface area contributed by atoms with Crippen LogP contribution in [0.4, 0.5) is 0 Å². The van der Waals surface area contributed by atoms with E-state index in [1.54, 1.807) is 0 Å². The second-order valence-corrected chi connectivity index (χ2v) is 4.34. The summed E-state index contributed by atoms with van der Waals surface area (Å²) in [6.45, 7) is 5.18. The number of carbonyl (C=O) groups is 1. The van der Waals surface area contributed by atoms with Gasteiger partial charge in [0.15, 0.2) is 0 Å². The SMILES string of the molecule is Cl.O=C(C1CCCOC1)N1CCCNCC1. The van der Waals surface area contributed by atoms with Crippen LogP contribution in [-0.4, -0.2) is 50.2 Å². The quantitative estimate of drug-likeness (QED) is 0.741. The highest BCUT2D eigenvalue weighted by molar-refractivity contribution is 5.85. The molecular weight excluding hydrogens is 228 g/mol. The highest BCUT2D eigenvalue weighted by Crippen LogP contribution is 2.16. The van der Waals surface area contributed by atoms with Crippen molar-refractivity contribution in [2.24, 2.45) is 5.92 Å². The predicted octanol–water partition coefficient (Wildman–Crippen LogP) is 0.657. The Morgan fingerprint density at radius 2 is 2.12 bits per heavy atom. The first-order valence-electron chi connectivity index (χ1n) is 5.95. The van der Waals surface area contributed by atoms with Gasteiger partial charge in [-0.2, -0.15) is 0 Å². The second-order valence-electron chi connectivity index (χ2n) is 4.34. The molecule has 2 heterocycles. The normalized spacial score (nSPS) is 26.8. The van der Waals surface area contributed by atoms with Crippen LogP contribution in [0.25, 0.3) is 0 Å². The van der Waals surface area contributed by atoms with Gasteiger partial charge in [-0.25, -0.2) is 0 Å². The van der Waals surface area contributed by atoms with Crippen molar-refractivity contribution in [1.82, 2.24) is 10.2 Å². The van der Waals surface area contributed by atoms with E-state index < -0.39 is 0 Å². The zero-order valence-electron chi connectivity index (χ0n) is 9.61. The summed E-state index contributed by atoms with van der Waals surface area (Å²) < 4.78 is 5.36. The van der Waals surface area contributed by atoms with E-state index >= 15 is 0 Å². The van der Waals surface area contributed by atoms with Crippen molar-refractivity contribution in [3.05, 3.63) is 0 Å². The molecule has 16 heavy (non-hydrogen) atoms. The van der Waals surface area contributed by atoms with Crippen molar-refractivity contribution in [2.45, 2.75) is 19.3 Å². The molecule has 4 nitrogen and oxygen atoms in total. The van der Waals surface area contributed by atoms with E-state index in [-0.39, 0.29) is 18.3 Å². The Hall–Kier alpha value is -0.320. The Morgan fingerprint density at radius 1 is 1.25 bits per heavy atom. The van der Waals surface area contributed by atoms with Gasteiger partial charge < -0.3 is 15.0 Å². The molecule has 1 N–H and O–H groups in total. The average Bonchev–Trinajstić information content (AvgIpc) is 2.58. The molecule has 0 spiro atoms. The van der Waals surface area contributed by atoms with Gasteiger partial charge in [0.1, 0.15) is 0 Å². The average molecular weight is 249 g/mol. The van der Waals surface area contributed by atoms with Gasteiger partial charge >= 0.3 is 0 Å². The van der Waals surface area contributed by atoms with Gasteiger partial charge in [0.05, 0.1) is 12.5 Å². The molecule has 2 aliphatic rings. The van der Waals surface area contributed by atoms with E-state index in [0.29, 0.717) is 12.5 Å². The number of nitrogens with one attached hydrogen (secondary N) is 1. The maximum atomic E-state index is 12.1. The Labute approximate surface area is 103 Å². The summed E-state index contributed by atoms with van der Waals surface area (Å²) >= 11 is 0. The lowest BCUT2D eigenvalue weighted by Gasteiger charge is -2.28. The molecule has 5 heteroatoms. The van der Waals surface area contributed by atoms with Gasteiger partial charge in [0.2, 0.25) is 5.91 Å². The molecule has 2 saturated heterocycles. The zero-order chi connectivity index (χ0) is 10.5. The van der Waals surface area contributed by atoms with Crippen LogP contribution in [0.5, 0.6) is 0 Å². The summed E-state index contributed by atoms with van der Waals surface area (Å²) in [4.78, 5) is 14.1. The van der Waals surface area contributed by atoms with Crippen molar-refractivity contribution < 1.29 is 9.53 Å². The van der Waals surface area contributed by atoms with Gasteiger partial charge in [-0.05, 0) is 25.8 Å². The number of ether oxygens (including phenoxy) is 1. The first kappa shape index (κ1) is 13.7. The van der Waals surface area contributed by atoms with Crippen molar-refractivity contribution in [2.75, 3.05) is 39.4 Å². The lowest BCUT2D eigenvalue weighted by Crippen LogP contribution is -2.41. The molecule has 2 fully saturated rings. The van der Waals surface area contributed by atoms with Crippen LogP contribution in [0.3, 0.4) is 0 Å². The standard InChI is InChI=1S/C11H20N2O2.ClH/c14-11(10-3-1-8-15-9-10)13-6-2-4-12-5-7-13;/h10,12H,1-9H2;1H. The van der Waals surface area contributed by atoms with Crippen LogP contribution in [-0.2, 0) is 9.53 Å². The third kappa shape index (κ3) is 3.61. The summed E-state index contributed by atoms with van der Waals surface area (Å²) in [5.74, 6) is 0.426. The number of carbonyl (C=O) groups excluding carboxylic acids is 1. The van der Waals surface area contributed by atoms with Crippen molar-refractivity contribution in [3.63, 3.8) is 0 Å². The summed E-state index contributed by atoms with van der Waals surface area (Å²) in [5.41, 5.74) is 0. The fraction of sp³-hybridized carbons (Fsp3) is 0.909. The number of hydrogen-bond donors (Lipinski definition) is 1. The molecule has 2 aliphatic heterocycles. The highest BCUT2D eigenvalue weighted by atomic mass is 35.5. The third-order valence-corrected chi connectivity index (χ3v) is 3.16. The minimum absolute atomic E-state index is 0. The predicted molar refractivity (Wildman–Crippen MR) is 64.9 cm³/mol. The fourth-order valence-corrected chi connectivity index (χ4v) is 2.26. The molecule has 0 aromatic carbocycles. The van der Waals surface area contributed by atoms with Gasteiger partial charge in [-0.15, -0.1) is 12.4 Å². The summed E-state index contributed by atoms with van der Waals surface area (Å²) in [5, 5.41) is 3.31. The number of amides is 1. The van der Waals surface area contributed by atoms with Gasteiger partial charge in [-0.1, -0.05) is 0 Å². The minimum atomic E-state index is 0. The molecule has 0 saturated carbocycles. The van der Waals surface area contributed by atoms with Gasteiger partial charge in [0, 0.05) is 26.2 Å². The highest BCUT2D eigenvalue weighted by Gasteiger charge is 2.26. The molecule has 0 aromatic heterocycles. The first-order valence-corrected chi connectivity index (χ1v) is 5.95. The van der Waals surface area contributed by atoms with Crippen LogP contribution >= 0.6 is 12.4 Å². The largest absolute Gasteiger partial charge is 0.381 e. The van der Waals surface area contributed by atoms with Crippen molar-refractivity contribution >= 4 is 18.3 Å². The fourth-order valence-electron chi connectivity index (χ4n) is 2.26. The van der Waals surface area contributed by atoms with E-state index in [4.69, 9.17) is 4.74 Å². The molecule has 0 aromatic rings. The molecular formula is C11H21ClN2O2. The van der Waals surface area contributed by atoms with E-state index in [9.17, 15) is 4.79 Å². The Kier molecular flexibility index (Phi) is 6.09. The van der Waals surface area contributed by atoms with Gasteiger partial charge in [0.25, 0.3) is 0 Å². The van der Waals surface area contributed by atoms with Crippen LogP contribution < -0.4 is 5.32 Å². The maximum Gasteiger partial charge on any atom is 0.228 e. The van der Waals surface area contributed by atoms with Crippen molar-refractivity contribution in [3.8, 4) is 0 Å². The molecule has 2 rings (SSSR count). The summed E-state index contributed by atoms with van der Waals surface area (Å²) in [6, 6.07) is 0. The van der Waals surface area contributed by atoms with Gasteiger partial charge in [-0.3, -0.25) is 4.79 Å². The van der Waals surface area contributed by atoms with E-state index in [0.717, 1.165) is 52.0 Å². The maximum absolute atomic E-state index is 12.1. The lowest BCUT2D eigenvalue weighted by molar-refractivity contribution is -0.139. The van der Waals surface area contributed by atoms with Crippen LogP contribution in [0.15, 0.2) is 0 Å². The Morgan fingerprint density at radius 3 is 2.88 bits per heavy atom. The number of hydrogen-bond acceptors (Lipinski definition) is 3. The van der Waals surface area contributed by atoms with Crippen molar-refractivity contribution in [1.29, 1.82) is 0 Å². The summed E-state index contributed by atoms with van der Waals surface area (Å²) in [6.07, 6.45) is 3.10. The van der Waals surface area contributed by atoms with Crippen LogP contribution in [0.1, 0.15) is 19.3 Å². The van der Waals surface area contributed by atoms with E-state index in [2.05, 4.69) is 5.32 Å². The lowest BCUT2D eigenvalue weighted by atomic mass is 10.0. The minimum Gasteiger partial charge on any atom is -0.381 e. The molecule has 0 bridgehead atoms. The Bertz CT molecular complexity index is 212. The smallest absolute Gasteiger partial charge is 0.228 e. The number of halogens is 1. The molecule has 94 valence electrons. The third-order valence-electron chi connectivity index (χ3n) is 3.16. The monoisotopic (exact) mass is 248 g/mol. The molecule has 0 radical (unpaired) electrons. The second kappa shape index (κ2) is 7.09. The van der Waals surface area contributed by atoms with Crippen LogP contribution in [0.2, 0.25) is 0 Å². The molecule has 1 unspecified atom stereocenters. The molecule has 0 aliphatic carbocycles. The Balaban J connectivity index is 0.00000128. The molecule has 1 amide bonds. The van der Waals surface area contributed by atoms with Crippen LogP contribution in [0, 0.1) is 5.92 Å². The summed E-state index contributed by atoms with van der Waals surface area (Å²) in [7, 11) is 0. The number of nitrogens with zero attached hydrogens (tertiary/aromatic N) is 1. The van der Waals surface area contributed by atoms with E-state index in [1.807, 2.05) is 4.90 Å². The van der Waals surface area contributed by atoms with E-state index in [1.165, 1.54) is 0 Å². The first-order chi connectivity index (χ1) is 7.38. The molecule has 1 atom stereocenters. The topological polar surface area (TPSA) is 41.6 Å². The number of rotatable bonds is 1. The zero-order valence-corrected chi connectivity index (χ0v) is 10.4.